The Kier molecular flexibility index (Phi) is 6.59. The molecule has 0 radical (unpaired) electrons. The van der Waals surface area contributed by atoms with Gasteiger partial charge in [0, 0.05) is 17.1 Å². The second-order valence-electron chi connectivity index (χ2n) is 7.14. The first kappa shape index (κ1) is 21.3. The van der Waals surface area contributed by atoms with Crippen LogP contribution in [0.3, 0.4) is 0 Å². The SMILES string of the molecule is C=CCn1c(SCC(=O)Nc2ccccc2C(C)C)nc2sc(C)c(C)c2c1=O. The number of benzene rings is 1. The summed E-state index contributed by atoms with van der Waals surface area (Å²) >= 11 is 2.78. The molecule has 152 valence electrons. The zero-order chi connectivity index (χ0) is 21.1. The average Bonchev–Trinajstić information content (AvgIpc) is 2.97. The molecule has 0 saturated heterocycles. The number of aromatic nitrogens is 2. The maximum Gasteiger partial charge on any atom is 0.263 e. The van der Waals surface area contributed by atoms with E-state index in [0.29, 0.717) is 23.0 Å². The van der Waals surface area contributed by atoms with Crippen LogP contribution >= 0.6 is 23.1 Å². The van der Waals surface area contributed by atoms with E-state index in [1.54, 1.807) is 10.6 Å². The van der Waals surface area contributed by atoms with Crippen molar-refractivity contribution >= 4 is 44.9 Å². The smallest absolute Gasteiger partial charge is 0.263 e. The number of hydrogen-bond acceptors (Lipinski definition) is 5. The van der Waals surface area contributed by atoms with E-state index in [-0.39, 0.29) is 17.2 Å². The monoisotopic (exact) mass is 427 g/mol. The first-order valence-corrected chi connectivity index (χ1v) is 11.3. The quantitative estimate of drug-likeness (QED) is 0.323. The summed E-state index contributed by atoms with van der Waals surface area (Å²) in [7, 11) is 0. The van der Waals surface area contributed by atoms with E-state index in [1.165, 1.54) is 23.1 Å². The van der Waals surface area contributed by atoms with Gasteiger partial charge >= 0.3 is 0 Å². The second-order valence-corrected chi connectivity index (χ2v) is 9.29. The number of allylic oxidation sites excluding steroid dienone is 1. The molecule has 0 spiro atoms. The van der Waals surface area contributed by atoms with E-state index in [2.05, 4.69) is 30.7 Å². The van der Waals surface area contributed by atoms with Crippen molar-refractivity contribution in [2.45, 2.75) is 45.3 Å². The van der Waals surface area contributed by atoms with Crippen molar-refractivity contribution in [3.63, 3.8) is 0 Å². The fraction of sp³-hybridized carbons (Fsp3) is 0.318. The number of para-hydroxylation sites is 1. The molecule has 0 atom stereocenters. The number of nitrogens with zero attached hydrogens (tertiary/aromatic N) is 2. The third-order valence-corrected chi connectivity index (χ3v) is 6.83. The van der Waals surface area contributed by atoms with Gasteiger partial charge in [-0.1, -0.05) is 49.9 Å². The lowest BCUT2D eigenvalue weighted by Gasteiger charge is -2.14. The fourth-order valence-corrected chi connectivity index (χ4v) is 5.02. The highest BCUT2D eigenvalue weighted by molar-refractivity contribution is 7.99. The molecule has 0 bridgehead atoms. The largest absolute Gasteiger partial charge is 0.325 e. The van der Waals surface area contributed by atoms with Crippen LogP contribution in [-0.4, -0.2) is 21.2 Å². The molecule has 0 aliphatic heterocycles. The zero-order valence-electron chi connectivity index (χ0n) is 17.1. The molecular formula is C22H25N3O2S2. The number of nitrogens with one attached hydrogen (secondary N) is 1. The summed E-state index contributed by atoms with van der Waals surface area (Å²) in [6.07, 6.45) is 1.67. The number of carbonyl (C=O) groups excluding carboxylic acids is 1. The third-order valence-electron chi connectivity index (χ3n) is 4.75. The van der Waals surface area contributed by atoms with Crippen molar-refractivity contribution in [3.8, 4) is 0 Å². The molecule has 1 amide bonds. The lowest BCUT2D eigenvalue weighted by atomic mass is 10.0. The van der Waals surface area contributed by atoms with Gasteiger partial charge in [0.15, 0.2) is 5.16 Å². The lowest BCUT2D eigenvalue weighted by molar-refractivity contribution is -0.113. The van der Waals surface area contributed by atoms with E-state index in [9.17, 15) is 9.59 Å². The molecule has 3 aromatic rings. The van der Waals surface area contributed by atoms with Crippen LogP contribution in [0.1, 0.15) is 35.8 Å². The number of thiophene rings is 1. The van der Waals surface area contributed by atoms with Crippen LogP contribution in [0.15, 0.2) is 46.9 Å². The number of carbonyl (C=O) groups is 1. The van der Waals surface area contributed by atoms with Crippen LogP contribution in [0.4, 0.5) is 5.69 Å². The fourth-order valence-electron chi connectivity index (χ4n) is 3.14. The van der Waals surface area contributed by atoms with E-state index in [4.69, 9.17) is 0 Å². The Balaban J connectivity index is 1.85. The molecule has 2 heterocycles. The van der Waals surface area contributed by atoms with Gasteiger partial charge < -0.3 is 5.32 Å². The van der Waals surface area contributed by atoms with Gasteiger partial charge in [-0.2, -0.15) is 0 Å². The van der Waals surface area contributed by atoms with E-state index < -0.39 is 0 Å². The predicted molar refractivity (Wildman–Crippen MR) is 123 cm³/mol. The molecule has 0 fully saturated rings. The molecule has 7 heteroatoms. The number of thioether (sulfide) groups is 1. The minimum Gasteiger partial charge on any atom is -0.325 e. The molecule has 2 aromatic heterocycles. The summed E-state index contributed by atoms with van der Waals surface area (Å²) in [5.41, 5.74) is 2.81. The van der Waals surface area contributed by atoms with Crippen molar-refractivity contribution < 1.29 is 4.79 Å². The van der Waals surface area contributed by atoms with E-state index in [0.717, 1.165) is 26.5 Å². The Labute approximate surface area is 178 Å². The number of aryl methyl sites for hydroxylation is 2. The van der Waals surface area contributed by atoms with Crippen molar-refractivity contribution in [2.75, 3.05) is 11.1 Å². The standard InChI is InChI=1S/C22H25N3O2S2/c1-6-11-25-21(27)19-14(4)15(5)29-20(19)24-22(25)28-12-18(26)23-17-10-8-7-9-16(17)13(2)3/h6-10,13H,1,11-12H2,2-5H3,(H,23,26). The van der Waals surface area contributed by atoms with Crippen molar-refractivity contribution in [2.24, 2.45) is 0 Å². The Bertz CT molecular complexity index is 1130. The molecule has 0 saturated carbocycles. The van der Waals surface area contributed by atoms with E-state index in [1.807, 2.05) is 38.1 Å². The molecule has 3 rings (SSSR count). The Morgan fingerprint density at radius 2 is 2.07 bits per heavy atom. The van der Waals surface area contributed by atoms with Gasteiger partial charge in [-0.05, 0) is 37.0 Å². The average molecular weight is 428 g/mol. The highest BCUT2D eigenvalue weighted by Crippen LogP contribution is 2.29. The van der Waals surface area contributed by atoms with Crippen molar-refractivity contribution in [1.82, 2.24) is 9.55 Å². The van der Waals surface area contributed by atoms with Crippen LogP contribution < -0.4 is 10.9 Å². The molecule has 1 aromatic carbocycles. The maximum atomic E-state index is 13.0. The number of fused-ring (bicyclic) bond motifs is 1. The first-order chi connectivity index (χ1) is 13.8. The van der Waals surface area contributed by atoms with Gasteiger partial charge in [0.25, 0.3) is 5.56 Å². The first-order valence-electron chi connectivity index (χ1n) is 9.46. The van der Waals surface area contributed by atoms with Crippen LogP contribution in [-0.2, 0) is 11.3 Å². The third kappa shape index (κ3) is 4.46. The summed E-state index contributed by atoms with van der Waals surface area (Å²) in [4.78, 5) is 32.1. The van der Waals surface area contributed by atoms with Crippen LogP contribution in [0, 0.1) is 13.8 Å². The number of rotatable bonds is 7. The highest BCUT2D eigenvalue weighted by atomic mass is 32.2. The normalized spacial score (nSPS) is 11.2. The van der Waals surface area contributed by atoms with Gasteiger partial charge in [-0.15, -0.1) is 17.9 Å². The summed E-state index contributed by atoms with van der Waals surface area (Å²) < 4.78 is 1.59. The topological polar surface area (TPSA) is 64.0 Å². The minimum absolute atomic E-state index is 0.0789. The summed E-state index contributed by atoms with van der Waals surface area (Å²) in [5.74, 6) is 0.359. The molecule has 0 aliphatic carbocycles. The van der Waals surface area contributed by atoms with Gasteiger partial charge in [0.05, 0.1) is 11.1 Å². The molecular weight excluding hydrogens is 402 g/mol. The van der Waals surface area contributed by atoms with Gasteiger partial charge in [-0.25, -0.2) is 4.98 Å². The Morgan fingerprint density at radius 1 is 1.34 bits per heavy atom. The Hall–Kier alpha value is -2.38. The van der Waals surface area contributed by atoms with Crippen molar-refractivity contribution in [3.05, 3.63) is 63.3 Å². The zero-order valence-corrected chi connectivity index (χ0v) is 18.7. The molecule has 1 N–H and O–H groups in total. The van der Waals surface area contributed by atoms with Crippen LogP contribution in [0.5, 0.6) is 0 Å². The second kappa shape index (κ2) is 8.97. The van der Waals surface area contributed by atoms with Gasteiger partial charge in [-0.3, -0.25) is 14.2 Å². The predicted octanol–water partition coefficient (Wildman–Crippen LogP) is 5.12. The van der Waals surface area contributed by atoms with Gasteiger partial charge in [0.2, 0.25) is 5.91 Å². The lowest BCUT2D eigenvalue weighted by Crippen LogP contribution is -2.23. The summed E-state index contributed by atoms with van der Waals surface area (Å²) in [6.45, 7) is 12.2. The molecule has 0 aliphatic rings. The van der Waals surface area contributed by atoms with Crippen molar-refractivity contribution in [1.29, 1.82) is 0 Å². The molecule has 29 heavy (non-hydrogen) atoms. The Morgan fingerprint density at radius 3 is 2.76 bits per heavy atom. The summed E-state index contributed by atoms with van der Waals surface area (Å²) in [6, 6.07) is 7.81. The maximum absolute atomic E-state index is 13.0. The van der Waals surface area contributed by atoms with Gasteiger partial charge in [0.1, 0.15) is 4.83 Å². The number of anilines is 1. The number of amides is 1. The minimum atomic E-state index is -0.124. The van der Waals surface area contributed by atoms with Crippen LogP contribution in [0.25, 0.3) is 10.2 Å². The summed E-state index contributed by atoms with van der Waals surface area (Å²) in [5, 5.41) is 4.19. The highest BCUT2D eigenvalue weighted by Gasteiger charge is 2.17. The molecule has 0 unspecified atom stereocenters. The number of hydrogen-bond donors (Lipinski definition) is 1. The molecule has 5 nitrogen and oxygen atoms in total. The van der Waals surface area contributed by atoms with E-state index >= 15 is 0 Å². The van der Waals surface area contributed by atoms with Crippen LogP contribution in [0.2, 0.25) is 0 Å².